The predicted octanol–water partition coefficient (Wildman–Crippen LogP) is 3.34. The zero-order chi connectivity index (χ0) is 17.8. The third-order valence-electron chi connectivity index (χ3n) is 4.70. The van der Waals surface area contributed by atoms with Crippen LogP contribution in [-0.4, -0.2) is 35.8 Å². The highest BCUT2D eigenvalue weighted by atomic mass is 16.2. The van der Waals surface area contributed by atoms with Gasteiger partial charge in [-0.2, -0.15) is 0 Å². The van der Waals surface area contributed by atoms with Gasteiger partial charge in [-0.1, -0.05) is 35.4 Å². The van der Waals surface area contributed by atoms with Crippen LogP contribution in [0.25, 0.3) is 0 Å². The lowest BCUT2D eigenvalue weighted by Gasteiger charge is -2.32. The highest BCUT2D eigenvalue weighted by molar-refractivity contribution is 5.95. The highest BCUT2D eigenvalue weighted by Gasteiger charge is 2.24. The maximum atomic E-state index is 12.5. The van der Waals surface area contributed by atoms with Crippen molar-refractivity contribution >= 4 is 11.8 Å². The number of hydrogen-bond donors (Lipinski definition) is 1. The number of nitrogens with one attached hydrogen (secondary N) is 1. The first-order valence-electron chi connectivity index (χ1n) is 8.76. The molecule has 4 heteroatoms. The van der Waals surface area contributed by atoms with E-state index in [4.69, 9.17) is 0 Å². The largest absolute Gasteiger partial charge is 0.349 e. The quantitative estimate of drug-likeness (QED) is 0.934. The van der Waals surface area contributed by atoms with E-state index in [9.17, 15) is 9.59 Å². The Morgan fingerprint density at radius 2 is 1.60 bits per heavy atom. The zero-order valence-corrected chi connectivity index (χ0v) is 14.8. The monoisotopic (exact) mass is 336 g/mol. The van der Waals surface area contributed by atoms with Crippen molar-refractivity contribution in [2.24, 2.45) is 0 Å². The molecule has 0 saturated carbocycles. The number of aryl methyl sites for hydroxylation is 2. The van der Waals surface area contributed by atoms with E-state index in [1.807, 2.05) is 67.3 Å². The van der Waals surface area contributed by atoms with Crippen LogP contribution in [0.2, 0.25) is 0 Å². The van der Waals surface area contributed by atoms with Gasteiger partial charge in [0.1, 0.15) is 0 Å². The number of rotatable bonds is 3. The summed E-state index contributed by atoms with van der Waals surface area (Å²) in [5.41, 5.74) is 3.64. The van der Waals surface area contributed by atoms with Gasteiger partial charge in [0, 0.05) is 30.3 Å². The molecule has 0 aromatic heterocycles. The molecule has 0 unspecified atom stereocenters. The summed E-state index contributed by atoms with van der Waals surface area (Å²) in [6.07, 6.45) is 1.57. The van der Waals surface area contributed by atoms with Crippen LogP contribution in [0, 0.1) is 13.8 Å². The second-order valence-corrected chi connectivity index (χ2v) is 6.78. The molecule has 1 saturated heterocycles. The number of hydrogen-bond acceptors (Lipinski definition) is 2. The third kappa shape index (κ3) is 4.27. The molecule has 0 radical (unpaired) electrons. The fraction of sp³-hybridized carbons (Fsp3) is 0.333. The van der Waals surface area contributed by atoms with Crippen LogP contribution < -0.4 is 5.32 Å². The molecule has 2 amide bonds. The lowest BCUT2D eigenvalue weighted by atomic mass is 10.0. The Bertz CT molecular complexity index is 760. The zero-order valence-electron chi connectivity index (χ0n) is 14.8. The molecule has 1 heterocycles. The molecule has 25 heavy (non-hydrogen) atoms. The van der Waals surface area contributed by atoms with E-state index in [1.54, 1.807) is 0 Å². The molecule has 0 atom stereocenters. The van der Waals surface area contributed by atoms with Crippen molar-refractivity contribution in [3.63, 3.8) is 0 Å². The minimum absolute atomic E-state index is 0.0352. The number of carbonyl (C=O) groups excluding carboxylic acids is 2. The molecular formula is C21H24N2O2. The van der Waals surface area contributed by atoms with Crippen molar-refractivity contribution in [1.82, 2.24) is 10.2 Å². The average Bonchev–Trinajstić information content (AvgIpc) is 2.62. The van der Waals surface area contributed by atoms with E-state index in [0.717, 1.165) is 29.5 Å². The first kappa shape index (κ1) is 17.2. The standard InChI is InChI=1S/C21H24N2O2/c1-15-6-8-17(9-7-15)21(25)23-12-10-19(11-13-23)22-20(24)18-5-3-4-16(2)14-18/h3-9,14,19H,10-13H2,1-2H3,(H,22,24). The van der Waals surface area contributed by atoms with E-state index in [2.05, 4.69) is 5.32 Å². The summed E-state index contributed by atoms with van der Waals surface area (Å²) in [7, 11) is 0. The summed E-state index contributed by atoms with van der Waals surface area (Å²) in [6.45, 7) is 5.33. The minimum atomic E-state index is -0.0352. The van der Waals surface area contributed by atoms with Crippen LogP contribution in [0.15, 0.2) is 48.5 Å². The van der Waals surface area contributed by atoms with Gasteiger partial charge in [-0.25, -0.2) is 0 Å². The van der Waals surface area contributed by atoms with Crippen LogP contribution >= 0.6 is 0 Å². The number of likely N-dealkylation sites (tertiary alicyclic amines) is 1. The fourth-order valence-electron chi connectivity index (χ4n) is 3.16. The normalized spacial score (nSPS) is 15.0. The van der Waals surface area contributed by atoms with Gasteiger partial charge >= 0.3 is 0 Å². The SMILES string of the molecule is Cc1ccc(C(=O)N2CCC(NC(=O)c3cccc(C)c3)CC2)cc1. The molecule has 3 rings (SSSR count). The highest BCUT2D eigenvalue weighted by Crippen LogP contribution is 2.15. The van der Waals surface area contributed by atoms with Crippen molar-refractivity contribution in [1.29, 1.82) is 0 Å². The molecule has 2 aromatic carbocycles. The Hall–Kier alpha value is -2.62. The number of benzene rings is 2. The second-order valence-electron chi connectivity index (χ2n) is 6.78. The lowest BCUT2D eigenvalue weighted by Crippen LogP contribution is -2.46. The van der Waals surface area contributed by atoms with Crippen LogP contribution in [0.3, 0.4) is 0 Å². The van der Waals surface area contributed by atoms with E-state index in [1.165, 1.54) is 0 Å². The average molecular weight is 336 g/mol. The predicted molar refractivity (Wildman–Crippen MR) is 98.7 cm³/mol. The number of carbonyl (C=O) groups is 2. The smallest absolute Gasteiger partial charge is 0.253 e. The van der Waals surface area contributed by atoms with Gasteiger partial charge in [-0.05, 0) is 51.0 Å². The Labute approximate surface area is 148 Å². The van der Waals surface area contributed by atoms with Gasteiger partial charge in [0.25, 0.3) is 11.8 Å². The molecule has 1 fully saturated rings. The fourth-order valence-corrected chi connectivity index (χ4v) is 3.16. The van der Waals surface area contributed by atoms with Gasteiger partial charge in [0.15, 0.2) is 0 Å². The van der Waals surface area contributed by atoms with Gasteiger partial charge in [0.2, 0.25) is 0 Å². The van der Waals surface area contributed by atoms with Crippen LogP contribution in [0.5, 0.6) is 0 Å². The molecule has 0 spiro atoms. The van der Waals surface area contributed by atoms with E-state index >= 15 is 0 Å². The molecule has 2 aromatic rings. The van der Waals surface area contributed by atoms with Gasteiger partial charge in [-0.15, -0.1) is 0 Å². The Balaban J connectivity index is 1.54. The second kappa shape index (κ2) is 7.51. The van der Waals surface area contributed by atoms with Crippen LogP contribution in [0.1, 0.15) is 44.7 Å². The molecule has 130 valence electrons. The lowest BCUT2D eigenvalue weighted by molar-refractivity contribution is 0.0698. The summed E-state index contributed by atoms with van der Waals surface area (Å²) in [4.78, 5) is 26.8. The van der Waals surface area contributed by atoms with Crippen molar-refractivity contribution in [2.75, 3.05) is 13.1 Å². The number of piperidine rings is 1. The summed E-state index contributed by atoms with van der Waals surface area (Å²) in [5.74, 6) is 0.0375. The topological polar surface area (TPSA) is 49.4 Å². The van der Waals surface area contributed by atoms with Crippen molar-refractivity contribution in [3.8, 4) is 0 Å². The molecule has 0 bridgehead atoms. The van der Waals surface area contributed by atoms with Gasteiger partial charge in [0.05, 0.1) is 0 Å². The molecule has 1 N–H and O–H groups in total. The van der Waals surface area contributed by atoms with Crippen molar-refractivity contribution in [3.05, 3.63) is 70.8 Å². The summed E-state index contributed by atoms with van der Waals surface area (Å²) >= 11 is 0. The Kier molecular flexibility index (Phi) is 5.17. The molecule has 0 aliphatic carbocycles. The first-order valence-corrected chi connectivity index (χ1v) is 8.76. The Morgan fingerprint density at radius 3 is 2.24 bits per heavy atom. The van der Waals surface area contributed by atoms with Crippen LogP contribution in [0.4, 0.5) is 0 Å². The van der Waals surface area contributed by atoms with Gasteiger partial charge in [-0.3, -0.25) is 9.59 Å². The summed E-state index contributed by atoms with van der Waals surface area (Å²) in [5, 5.41) is 3.09. The van der Waals surface area contributed by atoms with Crippen LogP contribution in [-0.2, 0) is 0 Å². The van der Waals surface area contributed by atoms with Crippen molar-refractivity contribution < 1.29 is 9.59 Å². The van der Waals surface area contributed by atoms with E-state index in [0.29, 0.717) is 18.7 Å². The Morgan fingerprint density at radius 1 is 0.920 bits per heavy atom. The maximum absolute atomic E-state index is 12.5. The summed E-state index contributed by atoms with van der Waals surface area (Å²) in [6, 6.07) is 15.4. The van der Waals surface area contributed by atoms with E-state index < -0.39 is 0 Å². The third-order valence-corrected chi connectivity index (χ3v) is 4.70. The summed E-state index contributed by atoms with van der Waals surface area (Å²) < 4.78 is 0. The molecule has 1 aliphatic rings. The molecular weight excluding hydrogens is 312 g/mol. The number of nitrogens with zero attached hydrogens (tertiary/aromatic N) is 1. The van der Waals surface area contributed by atoms with Crippen molar-refractivity contribution in [2.45, 2.75) is 32.7 Å². The number of amides is 2. The van der Waals surface area contributed by atoms with E-state index in [-0.39, 0.29) is 17.9 Å². The molecule has 4 nitrogen and oxygen atoms in total. The van der Waals surface area contributed by atoms with Gasteiger partial charge < -0.3 is 10.2 Å². The first-order chi connectivity index (χ1) is 12.0. The molecule has 1 aliphatic heterocycles. The maximum Gasteiger partial charge on any atom is 0.253 e. The minimum Gasteiger partial charge on any atom is -0.349 e.